The summed E-state index contributed by atoms with van der Waals surface area (Å²) < 4.78 is 105. The van der Waals surface area contributed by atoms with Gasteiger partial charge in [0.05, 0.1) is 98.6 Å². The Bertz CT molecular complexity index is 5700. The van der Waals surface area contributed by atoms with Gasteiger partial charge in [-0.1, -0.05) is 25.6 Å². The second-order valence-electron chi connectivity index (χ2n) is 34.3. The van der Waals surface area contributed by atoms with Crippen LogP contribution in [-0.4, -0.2) is 193 Å². The molecule has 6 aliphatic rings. The number of pyridine rings is 3. The smallest absolute Gasteiger partial charge is 0.493 e. The number of ether oxygens (including phenoxy) is 3. The van der Waals surface area contributed by atoms with Crippen LogP contribution in [0, 0.1) is 31.3 Å². The average Bonchev–Trinajstić information content (AvgIpc) is 1.61. The summed E-state index contributed by atoms with van der Waals surface area (Å²) in [5.41, 5.74) is 1.83. The van der Waals surface area contributed by atoms with E-state index in [9.17, 15) is 23.2 Å². The maximum Gasteiger partial charge on any atom is 0.497 e. The van der Waals surface area contributed by atoms with Crippen LogP contribution in [0.1, 0.15) is 224 Å². The Morgan fingerprint density at radius 3 is 1.18 bits per heavy atom. The van der Waals surface area contributed by atoms with E-state index in [0.717, 1.165) is 44.5 Å². The number of imidazole rings is 2. The number of H-pyrrole nitrogens is 1. The zero-order chi connectivity index (χ0) is 93.8. The number of carboxylic acids is 2. The molecule has 3 saturated heterocycles. The van der Waals surface area contributed by atoms with Gasteiger partial charge in [-0.3, -0.25) is 24.0 Å². The van der Waals surface area contributed by atoms with Crippen molar-refractivity contribution < 1.29 is 107 Å². The van der Waals surface area contributed by atoms with Crippen molar-refractivity contribution in [3.05, 3.63) is 185 Å². The van der Waals surface area contributed by atoms with Crippen molar-refractivity contribution in [3.8, 4) is 57.5 Å². The van der Waals surface area contributed by atoms with Crippen LogP contribution in [0.25, 0.3) is 40.2 Å². The number of anilines is 3. The number of aromatic amines is 1. The van der Waals surface area contributed by atoms with Gasteiger partial charge in [0.15, 0.2) is 23.3 Å². The average molecular weight is 1920 g/mol. The molecular formula is C88H110B3BrCuF3N19O16. The number of aliphatic carboxylic acids is 2. The molecule has 0 aliphatic carbocycles. The minimum absolute atomic E-state index is 0. The third-order valence-corrected chi connectivity index (χ3v) is 23.3. The summed E-state index contributed by atoms with van der Waals surface area (Å²) in [6, 6.07) is 24.2. The molecule has 8 aromatic heterocycles. The van der Waals surface area contributed by atoms with Gasteiger partial charge in [-0.05, 0) is 227 Å². The summed E-state index contributed by atoms with van der Waals surface area (Å²) in [6.45, 7) is 36.9. The van der Waals surface area contributed by atoms with E-state index in [1.54, 1.807) is 74.1 Å². The van der Waals surface area contributed by atoms with Crippen molar-refractivity contribution in [2.75, 3.05) is 35.8 Å². The number of nitrogens with zero attached hydrogens (tertiary/aromatic N) is 15. The van der Waals surface area contributed by atoms with E-state index in [1.165, 1.54) is 47.3 Å². The molecule has 3 fully saturated rings. The van der Waals surface area contributed by atoms with Crippen LogP contribution in [-0.2, 0) is 54.6 Å². The molecule has 0 spiro atoms. The van der Waals surface area contributed by atoms with Crippen LogP contribution in [0.4, 0.5) is 30.6 Å². The largest absolute Gasteiger partial charge is 0.497 e. The molecule has 131 heavy (non-hydrogen) atoms. The number of aromatic nitrogens is 16. The predicted molar refractivity (Wildman–Crippen MR) is 485 cm³/mol. The molecule has 701 valence electrons. The molecule has 0 unspecified atom stereocenters. The number of amides is 3. The van der Waals surface area contributed by atoms with Crippen LogP contribution >= 0.6 is 15.9 Å². The number of carboxylic acid groups (broad SMARTS) is 2. The number of hydrogen-bond acceptors (Lipinski definition) is 25. The van der Waals surface area contributed by atoms with E-state index < -0.39 is 79.5 Å². The van der Waals surface area contributed by atoms with E-state index >= 15 is 4.39 Å². The summed E-state index contributed by atoms with van der Waals surface area (Å²) in [6.07, 6.45) is 16.1. The first-order chi connectivity index (χ1) is 60.8. The summed E-state index contributed by atoms with van der Waals surface area (Å²) in [5.74, 6) is -1.21. The Labute approximate surface area is 778 Å². The fraction of sp³-hybridized carbons (Fsp3) is 0.432. The number of benzene rings is 3. The van der Waals surface area contributed by atoms with Crippen molar-refractivity contribution in [2.45, 2.75) is 229 Å². The first kappa shape index (κ1) is 103. The fourth-order valence-electron chi connectivity index (χ4n) is 13.5. The van der Waals surface area contributed by atoms with Gasteiger partial charge in [-0.15, -0.1) is 30.6 Å². The molecule has 14 heterocycles. The maximum atomic E-state index is 15.3. The first-order valence-corrected chi connectivity index (χ1v) is 42.6. The Morgan fingerprint density at radius 1 is 0.496 bits per heavy atom. The second-order valence-corrected chi connectivity index (χ2v) is 35.1. The van der Waals surface area contributed by atoms with Gasteiger partial charge in [-0.25, -0.2) is 38.1 Å². The molecule has 3 aromatic carbocycles. The van der Waals surface area contributed by atoms with Crippen molar-refractivity contribution in [3.63, 3.8) is 0 Å². The zero-order valence-electron chi connectivity index (χ0n) is 75.7. The van der Waals surface area contributed by atoms with Gasteiger partial charge in [0.2, 0.25) is 0 Å². The van der Waals surface area contributed by atoms with E-state index in [1.807, 2.05) is 129 Å². The number of carbonyl (C=O) groups excluding carboxylic acids is 3. The molecule has 6 N–H and O–H groups in total. The van der Waals surface area contributed by atoms with E-state index in [-0.39, 0.29) is 115 Å². The van der Waals surface area contributed by atoms with E-state index in [0.29, 0.717) is 91.1 Å². The number of rotatable bonds is 3. The third kappa shape index (κ3) is 25.6. The monoisotopic (exact) mass is 1920 g/mol. The van der Waals surface area contributed by atoms with Gasteiger partial charge in [0.1, 0.15) is 82.4 Å². The van der Waals surface area contributed by atoms with Gasteiger partial charge >= 0.3 is 21.1 Å². The molecule has 6 aliphatic heterocycles. The number of aryl methyl sites for hydroxylation is 2. The second kappa shape index (κ2) is 43.7. The molecular weight excluding hydrogens is 1810 g/mol. The van der Waals surface area contributed by atoms with Crippen molar-refractivity contribution in [2.24, 2.45) is 0 Å². The Hall–Kier alpha value is -11.6. The molecule has 43 heteroatoms. The molecule has 0 saturated carbocycles. The van der Waals surface area contributed by atoms with Crippen LogP contribution in [0.3, 0.4) is 0 Å². The summed E-state index contributed by atoms with van der Waals surface area (Å²) in [5, 5.41) is 47.9. The minimum atomic E-state index is -0.963. The van der Waals surface area contributed by atoms with E-state index in [4.69, 9.17) is 61.9 Å². The van der Waals surface area contributed by atoms with Crippen LogP contribution < -0.4 is 35.6 Å². The van der Waals surface area contributed by atoms with Gasteiger partial charge < -0.3 is 91.6 Å². The summed E-state index contributed by atoms with van der Waals surface area (Å²) in [4.78, 5) is 81.8. The molecule has 35 nitrogen and oxygen atoms in total. The van der Waals surface area contributed by atoms with Crippen LogP contribution in [0.15, 0.2) is 139 Å². The summed E-state index contributed by atoms with van der Waals surface area (Å²) >= 11 is 3.13. The van der Waals surface area contributed by atoms with Crippen molar-refractivity contribution in [1.29, 1.82) is 0 Å². The van der Waals surface area contributed by atoms with Crippen molar-refractivity contribution >= 4 is 89.6 Å². The number of carbonyl (C=O) groups is 5. The maximum absolute atomic E-state index is 15.3. The Morgan fingerprint density at radius 2 is 0.840 bits per heavy atom. The van der Waals surface area contributed by atoms with Crippen LogP contribution in [0.2, 0.25) is 0 Å². The topological polar surface area (TPSA) is 422 Å². The number of fused-ring (bicyclic) bond motifs is 15. The van der Waals surface area contributed by atoms with Crippen LogP contribution in [0.5, 0.6) is 17.2 Å². The number of nitrogens with one attached hydrogen (secondary N) is 4. The Balaban J connectivity index is 0.000000189. The SMILES string of the molecule is C.CC(=O)O.CC(=O)O.CC1(C)OB(B2OC(C)(C)C(C)(C)O2)OC1(C)C.C[C@H]1CCCOc2cc(F)c(B3OC(C)(C)C(C)(C)O3)cc2C(=O)Nc2cccc(n2)-c2nncn21.C[C@H]1CCCOc2cc(F)c(Br)cc2C(=O)Nc2cccc(n2)-c2nncn21.Cc1cn(-c2cc3c(cc2F)OCCC[C@H](C)n2cnnc2-c2cccc(n2)NC3=O)cn1.Cc1cnc[nH]1.[Cu]. The van der Waals surface area contributed by atoms with E-state index in [2.05, 4.69) is 113 Å². The number of hydrogen-bond donors (Lipinski definition) is 6. The normalized spacial score (nSPS) is 18.7. The molecule has 3 amide bonds. The minimum Gasteiger partial charge on any atom is -0.493 e. The molecule has 1 radical (unpaired) electrons. The molecule has 17 rings (SSSR count). The predicted octanol–water partition coefficient (Wildman–Crippen LogP) is 15.7. The summed E-state index contributed by atoms with van der Waals surface area (Å²) in [7, 11) is -1.91. The third-order valence-electron chi connectivity index (χ3n) is 22.7. The zero-order valence-corrected chi connectivity index (χ0v) is 78.2. The van der Waals surface area contributed by atoms with Gasteiger partial charge in [0.25, 0.3) is 29.7 Å². The molecule has 6 bridgehead atoms. The molecule has 3 atom stereocenters. The standard InChI is InChI=1S/C25H29BFN5O4.C23H22FN7O2.C19H17BrFN5O2.C12H24B2O4.C4H6N2.2C2H4O2.CH4.Cu/c1-15-8-7-11-34-20-13-18(27)17(26-35-24(2,3)25(4,5)36-26)12-16(20)23(33)30-21-10-6-9-19(29-21)22-31-28-14-32(15)22;1-14-11-30(12-25-14)19-9-16-20(10-17(19)24)33-8-4-5-15(2)31-13-26-29-22(31)18-6-3-7-21(27-18)28-23(16)32;1-11-4-3-7-28-16-9-14(21)13(20)8-12(16)19(27)24-17-6-2-5-15(23-17)18-25-22-10-26(11)18;1-9(2)10(3,4)16-13(15-9)14-17-11(5,6)12(7,8)18-14;1-4-2-5-3-6-4;2*1-2(3)4;;/h6,9-10,12-15H,7-8,11H2,1-5H3,(H,29,30,33);3,6-7,9-13,15H,4-5,8H2,1-2H3,(H,27,28,32);2,5-6,8-11H,3-4,7H2,1H3,(H,23,24,27);1-8H3;2-3H,1H3,(H,5,6);2*1H3,(H,3,4);1H4;/t2*15-;11-;;;;;;/m000....../s1. The fourth-order valence-corrected chi connectivity index (χ4v) is 13.9. The van der Waals surface area contributed by atoms with Gasteiger partial charge in [0, 0.05) is 90.8 Å². The quantitative estimate of drug-likeness (QED) is 0.0895. The van der Waals surface area contributed by atoms with Gasteiger partial charge in [-0.2, -0.15) is 0 Å². The molecule has 11 aromatic rings. The Kier molecular flexibility index (Phi) is 34.4. The van der Waals surface area contributed by atoms with Crippen molar-refractivity contribution in [1.82, 2.24) is 78.8 Å². The first-order valence-electron chi connectivity index (χ1n) is 41.8. The number of halogens is 4.